The third kappa shape index (κ3) is 4.88. The molecular weight excluding hydrogens is 470 g/mol. The lowest BCUT2D eigenvalue weighted by atomic mass is 9.79. The summed E-state index contributed by atoms with van der Waals surface area (Å²) in [5.41, 5.74) is 0.581. The molecule has 1 saturated heterocycles. The van der Waals surface area contributed by atoms with E-state index in [-0.39, 0.29) is 42.5 Å². The number of fused-ring (bicyclic) bond motifs is 1. The number of non-ortho nitro benzene ring substituents is 1. The Balaban J connectivity index is 1.83. The van der Waals surface area contributed by atoms with E-state index in [0.29, 0.717) is 21.3 Å². The summed E-state index contributed by atoms with van der Waals surface area (Å²) in [4.78, 5) is 39.7. The molecule has 0 aliphatic carbocycles. The number of ether oxygens (including phenoxy) is 1. The highest BCUT2D eigenvalue weighted by atomic mass is 32.2. The topological polar surface area (TPSA) is 133 Å². The standard InChI is InChI=1S/C21H25N3O7S2/c1-11-16-15(12(2)26)19(27)23(16)17(18(11)33-21(32)22(3)8-9-25)20(28)31-10-13-4-6-14(7-5-13)24(29)30/h4-7,11-12,15-16,25-26H,8-10H2,1-3H3/t11-,12-,15-,16-/m1/s1. The van der Waals surface area contributed by atoms with Gasteiger partial charge in [0.25, 0.3) is 5.69 Å². The van der Waals surface area contributed by atoms with E-state index in [9.17, 15) is 29.9 Å². The Morgan fingerprint density at radius 2 is 2.03 bits per heavy atom. The number of esters is 1. The molecule has 0 bridgehead atoms. The van der Waals surface area contributed by atoms with Gasteiger partial charge in [0, 0.05) is 36.5 Å². The highest BCUT2D eigenvalue weighted by Gasteiger charge is 2.60. The zero-order chi connectivity index (χ0) is 24.4. The lowest BCUT2D eigenvalue weighted by molar-refractivity contribution is -0.384. The second kappa shape index (κ2) is 10.2. The molecule has 178 valence electrons. The van der Waals surface area contributed by atoms with Gasteiger partial charge in [-0.05, 0) is 24.6 Å². The van der Waals surface area contributed by atoms with Crippen LogP contribution in [0.2, 0.25) is 0 Å². The van der Waals surface area contributed by atoms with Crippen LogP contribution in [0.1, 0.15) is 19.4 Å². The van der Waals surface area contributed by atoms with Crippen molar-refractivity contribution in [2.45, 2.75) is 32.6 Å². The van der Waals surface area contributed by atoms with E-state index in [2.05, 4.69) is 0 Å². The van der Waals surface area contributed by atoms with Crippen molar-refractivity contribution in [2.75, 3.05) is 20.2 Å². The smallest absolute Gasteiger partial charge is 0.356 e. The quantitative estimate of drug-likeness (QED) is 0.180. The van der Waals surface area contributed by atoms with E-state index in [1.54, 1.807) is 18.9 Å². The van der Waals surface area contributed by atoms with Crippen LogP contribution in [0.5, 0.6) is 0 Å². The van der Waals surface area contributed by atoms with Gasteiger partial charge in [0.15, 0.2) is 0 Å². The average Bonchev–Trinajstić information content (AvgIpc) is 3.00. The van der Waals surface area contributed by atoms with Gasteiger partial charge in [-0.1, -0.05) is 30.9 Å². The number of thioether (sulfide) groups is 1. The molecule has 0 spiro atoms. The number of thiocarbonyl (C=S) groups is 1. The maximum Gasteiger partial charge on any atom is 0.356 e. The summed E-state index contributed by atoms with van der Waals surface area (Å²) in [5.74, 6) is -1.95. The molecule has 12 heteroatoms. The number of hydrogen-bond donors (Lipinski definition) is 2. The lowest BCUT2D eigenvalue weighted by Gasteiger charge is -2.46. The highest BCUT2D eigenvalue weighted by Crippen LogP contribution is 2.51. The van der Waals surface area contributed by atoms with Gasteiger partial charge in [0.05, 0.1) is 29.6 Å². The van der Waals surface area contributed by atoms with E-state index < -0.39 is 22.9 Å². The van der Waals surface area contributed by atoms with Crippen molar-refractivity contribution in [3.8, 4) is 0 Å². The molecule has 2 heterocycles. The summed E-state index contributed by atoms with van der Waals surface area (Å²) in [6.07, 6.45) is -0.869. The number of carbonyl (C=O) groups excluding carboxylic acids is 2. The highest BCUT2D eigenvalue weighted by molar-refractivity contribution is 8.25. The molecule has 1 aromatic carbocycles. The lowest BCUT2D eigenvalue weighted by Crippen LogP contribution is -2.63. The largest absolute Gasteiger partial charge is 0.456 e. The summed E-state index contributed by atoms with van der Waals surface area (Å²) >= 11 is 6.60. The van der Waals surface area contributed by atoms with Crippen LogP contribution in [-0.2, 0) is 20.9 Å². The number of nitro groups is 1. The molecule has 0 saturated carbocycles. The maximum absolute atomic E-state index is 13.1. The van der Waals surface area contributed by atoms with E-state index in [0.717, 1.165) is 11.8 Å². The summed E-state index contributed by atoms with van der Waals surface area (Å²) in [6, 6.07) is 5.24. The molecular formula is C21H25N3O7S2. The van der Waals surface area contributed by atoms with Crippen molar-refractivity contribution in [3.05, 3.63) is 50.5 Å². The molecule has 1 fully saturated rings. The fraction of sp³-hybridized carbons (Fsp3) is 0.476. The summed E-state index contributed by atoms with van der Waals surface area (Å²) in [7, 11) is 1.72. The SMILES string of the molecule is C[C@@H](O)[C@H]1C(=O)N2C(C(=O)OCc3ccc([N+](=O)[O-])cc3)=C(SC(=S)N(C)CCO)[C@H](C)[C@H]12. The fourth-order valence-electron chi connectivity index (χ4n) is 3.99. The van der Waals surface area contributed by atoms with Gasteiger partial charge in [0.1, 0.15) is 16.6 Å². The van der Waals surface area contributed by atoms with Crippen LogP contribution in [0.3, 0.4) is 0 Å². The van der Waals surface area contributed by atoms with Crippen molar-refractivity contribution >= 4 is 45.9 Å². The first-order valence-electron chi connectivity index (χ1n) is 10.3. The Labute approximate surface area is 200 Å². The van der Waals surface area contributed by atoms with Gasteiger partial charge < -0.3 is 24.7 Å². The molecule has 1 aromatic rings. The van der Waals surface area contributed by atoms with Gasteiger partial charge in [-0.15, -0.1) is 0 Å². The second-order valence-corrected chi connectivity index (χ2v) is 9.66. The first-order valence-corrected chi connectivity index (χ1v) is 11.5. The number of aliphatic hydroxyl groups is 2. The molecule has 0 aromatic heterocycles. The number of benzene rings is 1. The molecule has 4 atom stereocenters. The molecule has 33 heavy (non-hydrogen) atoms. The number of nitro benzene ring substituents is 1. The molecule has 2 aliphatic rings. The fourth-order valence-corrected chi connectivity index (χ4v) is 5.39. The molecule has 10 nitrogen and oxygen atoms in total. The minimum Gasteiger partial charge on any atom is -0.456 e. The number of aliphatic hydroxyl groups excluding tert-OH is 2. The molecule has 2 aliphatic heterocycles. The van der Waals surface area contributed by atoms with Crippen LogP contribution in [0.25, 0.3) is 0 Å². The van der Waals surface area contributed by atoms with Gasteiger partial charge in [-0.2, -0.15) is 0 Å². The van der Waals surface area contributed by atoms with Crippen LogP contribution in [-0.4, -0.2) is 73.5 Å². The van der Waals surface area contributed by atoms with Crippen molar-refractivity contribution in [1.29, 1.82) is 0 Å². The Kier molecular flexibility index (Phi) is 7.73. The van der Waals surface area contributed by atoms with Gasteiger partial charge in [0.2, 0.25) is 5.91 Å². The van der Waals surface area contributed by atoms with E-state index in [1.807, 2.05) is 6.92 Å². The normalized spacial score (nSPS) is 22.5. The van der Waals surface area contributed by atoms with Crippen LogP contribution in [0.15, 0.2) is 34.9 Å². The minimum atomic E-state index is -0.869. The zero-order valence-electron chi connectivity index (χ0n) is 18.3. The third-order valence-corrected chi connectivity index (χ3v) is 7.60. The Morgan fingerprint density at radius 1 is 1.39 bits per heavy atom. The average molecular weight is 496 g/mol. The van der Waals surface area contributed by atoms with E-state index in [4.69, 9.17) is 17.0 Å². The van der Waals surface area contributed by atoms with Gasteiger partial charge in [-0.3, -0.25) is 14.9 Å². The molecule has 0 unspecified atom stereocenters. The maximum atomic E-state index is 13.1. The van der Waals surface area contributed by atoms with Crippen molar-refractivity contribution in [3.63, 3.8) is 0 Å². The third-order valence-electron chi connectivity index (χ3n) is 5.76. The first kappa shape index (κ1) is 25.1. The number of nitrogens with zero attached hydrogens (tertiary/aromatic N) is 3. The molecule has 0 radical (unpaired) electrons. The minimum absolute atomic E-state index is 0.0743. The van der Waals surface area contributed by atoms with E-state index >= 15 is 0 Å². The van der Waals surface area contributed by atoms with Gasteiger partial charge in [-0.25, -0.2) is 4.79 Å². The second-order valence-electron chi connectivity index (χ2n) is 7.98. The van der Waals surface area contributed by atoms with Crippen molar-refractivity contribution < 1.29 is 29.5 Å². The Hall–Kier alpha value is -2.54. The Morgan fingerprint density at radius 3 is 2.58 bits per heavy atom. The van der Waals surface area contributed by atoms with Crippen molar-refractivity contribution in [1.82, 2.24) is 9.80 Å². The first-order chi connectivity index (χ1) is 15.6. The van der Waals surface area contributed by atoms with Crippen LogP contribution >= 0.6 is 24.0 Å². The number of rotatable bonds is 8. The summed E-state index contributed by atoms with van der Waals surface area (Å²) in [5, 5.41) is 30.1. The van der Waals surface area contributed by atoms with Crippen LogP contribution < -0.4 is 0 Å². The monoisotopic (exact) mass is 495 g/mol. The molecule has 1 amide bonds. The zero-order valence-corrected chi connectivity index (χ0v) is 20.0. The predicted octanol–water partition coefficient (Wildman–Crippen LogP) is 1.65. The summed E-state index contributed by atoms with van der Waals surface area (Å²) in [6.45, 7) is 3.51. The predicted molar refractivity (Wildman–Crippen MR) is 125 cm³/mol. The number of amides is 1. The number of β-lactam (4-membered cyclic amide) rings is 1. The number of carbonyl (C=O) groups is 2. The summed E-state index contributed by atoms with van der Waals surface area (Å²) < 4.78 is 5.87. The van der Waals surface area contributed by atoms with Crippen LogP contribution in [0.4, 0.5) is 5.69 Å². The number of hydrogen-bond acceptors (Lipinski definition) is 9. The molecule has 2 N–H and O–H groups in total. The van der Waals surface area contributed by atoms with Crippen LogP contribution in [0, 0.1) is 22.0 Å². The van der Waals surface area contributed by atoms with Gasteiger partial charge >= 0.3 is 5.97 Å². The number of likely N-dealkylation sites (N-methyl/N-ethyl adjacent to an activating group) is 1. The van der Waals surface area contributed by atoms with Crippen molar-refractivity contribution in [2.24, 2.45) is 11.8 Å². The molecule has 3 rings (SSSR count). The van der Waals surface area contributed by atoms with E-state index in [1.165, 1.54) is 29.2 Å². The Bertz CT molecular complexity index is 996.